The summed E-state index contributed by atoms with van der Waals surface area (Å²) in [5.74, 6) is 0.955. The fourth-order valence-corrected chi connectivity index (χ4v) is 1.63. The van der Waals surface area contributed by atoms with Crippen LogP contribution in [0.15, 0.2) is 36.4 Å². The molecule has 0 aliphatic heterocycles. The third kappa shape index (κ3) is 2.63. The van der Waals surface area contributed by atoms with Crippen LogP contribution in [0.1, 0.15) is 11.3 Å². The molecule has 2 rings (SSSR count). The third-order valence-electron chi connectivity index (χ3n) is 2.68. The number of nitrogens with zero attached hydrogens (tertiary/aromatic N) is 2. The zero-order chi connectivity index (χ0) is 11.4. The van der Waals surface area contributed by atoms with Crippen LogP contribution < -0.4 is 5.32 Å². The Morgan fingerprint density at radius 3 is 2.62 bits per heavy atom. The second-order valence-electron chi connectivity index (χ2n) is 3.96. The predicted octanol–water partition coefficient (Wildman–Crippen LogP) is 2.38. The zero-order valence-corrected chi connectivity index (χ0v) is 9.77. The molecule has 0 fully saturated rings. The van der Waals surface area contributed by atoms with Gasteiger partial charge in [0.2, 0.25) is 0 Å². The molecule has 0 saturated carbocycles. The topological polar surface area (TPSA) is 29.9 Å². The van der Waals surface area contributed by atoms with Gasteiger partial charge in [0.15, 0.2) is 0 Å². The van der Waals surface area contributed by atoms with Crippen LogP contribution in [0.3, 0.4) is 0 Å². The molecule has 0 aliphatic rings. The first-order valence-electron chi connectivity index (χ1n) is 5.54. The molecular weight excluding hydrogens is 198 g/mol. The van der Waals surface area contributed by atoms with Gasteiger partial charge in [-0.25, -0.2) is 0 Å². The lowest BCUT2D eigenvalue weighted by molar-refractivity contribution is 0.740. The van der Waals surface area contributed by atoms with Crippen molar-refractivity contribution in [3.8, 4) is 0 Å². The van der Waals surface area contributed by atoms with Gasteiger partial charge in [-0.2, -0.15) is 5.10 Å². The summed E-state index contributed by atoms with van der Waals surface area (Å²) in [6.45, 7) is 2.97. The lowest BCUT2D eigenvalue weighted by atomic mass is 10.1. The molecule has 0 unspecified atom stereocenters. The standard InChI is InChI=1S/C13H17N3/c1-11-10-13(15-16(11)2)14-9-8-12-6-4-3-5-7-12/h3-7,10H,8-9H2,1-2H3,(H,14,15). The molecule has 0 atom stereocenters. The summed E-state index contributed by atoms with van der Waals surface area (Å²) < 4.78 is 1.88. The van der Waals surface area contributed by atoms with Crippen LogP contribution in [0.4, 0.5) is 5.82 Å². The molecule has 0 amide bonds. The van der Waals surface area contributed by atoms with Crippen molar-refractivity contribution in [1.29, 1.82) is 0 Å². The quantitative estimate of drug-likeness (QED) is 0.848. The van der Waals surface area contributed by atoms with Crippen molar-refractivity contribution in [3.05, 3.63) is 47.7 Å². The van der Waals surface area contributed by atoms with Crippen LogP contribution in [0, 0.1) is 6.92 Å². The Kier molecular flexibility index (Phi) is 3.25. The van der Waals surface area contributed by atoms with Gasteiger partial charge in [0.25, 0.3) is 0 Å². The maximum Gasteiger partial charge on any atom is 0.148 e. The van der Waals surface area contributed by atoms with E-state index >= 15 is 0 Å². The third-order valence-corrected chi connectivity index (χ3v) is 2.68. The smallest absolute Gasteiger partial charge is 0.148 e. The van der Waals surface area contributed by atoms with Gasteiger partial charge in [0, 0.05) is 25.4 Å². The normalized spacial score (nSPS) is 10.4. The van der Waals surface area contributed by atoms with E-state index < -0.39 is 0 Å². The fraction of sp³-hybridized carbons (Fsp3) is 0.308. The highest BCUT2D eigenvalue weighted by atomic mass is 15.3. The molecule has 0 spiro atoms. The molecule has 1 aromatic heterocycles. The van der Waals surface area contributed by atoms with Crippen LogP contribution >= 0.6 is 0 Å². The minimum Gasteiger partial charge on any atom is -0.368 e. The number of anilines is 1. The van der Waals surface area contributed by atoms with Gasteiger partial charge < -0.3 is 5.32 Å². The number of hydrogen-bond acceptors (Lipinski definition) is 2. The Morgan fingerprint density at radius 1 is 1.25 bits per heavy atom. The van der Waals surface area contributed by atoms with E-state index in [1.165, 1.54) is 11.3 Å². The average Bonchev–Trinajstić information content (AvgIpc) is 2.60. The van der Waals surface area contributed by atoms with E-state index in [-0.39, 0.29) is 0 Å². The SMILES string of the molecule is Cc1cc(NCCc2ccccc2)nn1C. The minimum atomic E-state index is 0.917. The first-order chi connectivity index (χ1) is 7.75. The van der Waals surface area contributed by atoms with E-state index in [0.29, 0.717) is 0 Å². The molecule has 0 saturated heterocycles. The summed E-state index contributed by atoms with van der Waals surface area (Å²) in [5, 5.41) is 7.67. The molecule has 0 aliphatic carbocycles. The van der Waals surface area contributed by atoms with Crippen molar-refractivity contribution < 1.29 is 0 Å². The van der Waals surface area contributed by atoms with E-state index in [4.69, 9.17) is 0 Å². The molecule has 1 aromatic carbocycles. The number of nitrogens with one attached hydrogen (secondary N) is 1. The van der Waals surface area contributed by atoms with Crippen molar-refractivity contribution in [1.82, 2.24) is 9.78 Å². The van der Waals surface area contributed by atoms with Gasteiger partial charge in [-0.3, -0.25) is 4.68 Å². The largest absolute Gasteiger partial charge is 0.368 e. The van der Waals surface area contributed by atoms with Gasteiger partial charge in [-0.05, 0) is 18.9 Å². The van der Waals surface area contributed by atoms with Crippen LogP contribution in [-0.4, -0.2) is 16.3 Å². The Morgan fingerprint density at radius 2 is 2.00 bits per heavy atom. The number of rotatable bonds is 4. The monoisotopic (exact) mass is 215 g/mol. The first kappa shape index (κ1) is 10.7. The Bertz CT molecular complexity index is 426. The first-order valence-corrected chi connectivity index (χ1v) is 5.54. The lowest BCUT2D eigenvalue weighted by Crippen LogP contribution is -2.05. The zero-order valence-electron chi connectivity index (χ0n) is 9.77. The summed E-state index contributed by atoms with van der Waals surface area (Å²) in [6.07, 6.45) is 1.02. The van der Waals surface area contributed by atoms with E-state index in [1.807, 2.05) is 17.8 Å². The molecule has 3 heteroatoms. The minimum absolute atomic E-state index is 0.917. The van der Waals surface area contributed by atoms with E-state index in [1.54, 1.807) is 0 Å². The molecule has 0 radical (unpaired) electrons. The van der Waals surface area contributed by atoms with Crippen LogP contribution in [-0.2, 0) is 13.5 Å². The van der Waals surface area contributed by atoms with Crippen LogP contribution in [0.5, 0.6) is 0 Å². The van der Waals surface area contributed by atoms with Gasteiger partial charge in [0.05, 0.1) is 0 Å². The van der Waals surface area contributed by atoms with Gasteiger partial charge in [-0.15, -0.1) is 0 Å². The summed E-state index contributed by atoms with van der Waals surface area (Å²) in [7, 11) is 1.96. The van der Waals surface area contributed by atoms with Crippen molar-refractivity contribution in [2.24, 2.45) is 7.05 Å². The second kappa shape index (κ2) is 4.84. The van der Waals surface area contributed by atoms with Gasteiger partial charge in [0.1, 0.15) is 5.82 Å². The lowest BCUT2D eigenvalue weighted by Gasteiger charge is -2.02. The number of benzene rings is 1. The molecule has 0 bridgehead atoms. The summed E-state index contributed by atoms with van der Waals surface area (Å²) in [4.78, 5) is 0. The average molecular weight is 215 g/mol. The Labute approximate surface area is 96.1 Å². The van der Waals surface area contributed by atoms with Crippen LogP contribution in [0.25, 0.3) is 0 Å². The Hall–Kier alpha value is -1.77. The summed E-state index contributed by atoms with van der Waals surface area (Å²) in [6, 6.07) is 12.5. The molecule has 1 heterocycles. The van der Waals surface area contributed by atoms with Gasteiger partial charge in [-0.1, -0.05) is 30.3 Å². The number of aromatic nitrogens is 2. The highest BCUT2D eigenvalue weighted by molar-refractivity contribution is 5.35. The van der Waals surface area contributed by atoms with Crippen molar-refractivity contribution >= 4 is 5.82 Å². The van der Waals surface area contributed by atoms with Crippen LogP contribution in [0.2, 0.25) is 0 Å². The van der Waals surface area contributed by atoms with E-state index in [9.17, 15) is 0 Å². The van der Waals surface area contributed by atoms with Gasteiger partial charge >= 0.3 is 0 Å². The number of hydrogen-bond donors (Lipinski definition) is 1. The molecule has 84 valence electrons. The van der Waals surface area contributed by atoms with Crippen molar-refractivity contribution in [3.63, 3.8) is 0 Å². The molecule has 16 heavy (non-hydrogen) atoms. The molecule has 1 N–H and O–H groups in total. The molecule has 3 nitrogen and oxygen atoms in total. The fourth-order valence-electron chi connectivity index (χ4n) is 1.63. The number of aryl methyl sites for hydroxylation is 2. The second-order valence-corrected chi connectivity index (χ2v) is 3.96. The van der Waals surface area contributed by atoms with Crippen molar-refractivity contribution in [2.75, 3.05) is 11.9 Å². The highest BCUT2D eigenvalue weighted by Crippen LogP contribution is 2.07. The predicted molar refractivity (Wildman–Crippen MR) is 66.6 cm³/mol. The van der Waals surface area contributed by atoms with E-state index in [2.05, 4.69) is 47.7 Å². The highest BCUT2D eigenvalue weighted by Gasteiger charge is 1.99. The maximum atomic E-state index is 4.35. The summed E-state index contributed by atoms with van der Waals surface area (Å²) >= 11 is 0. The Balaban J connectivity index is 1.84. The molecular formula is C13H17N3. The summed E-state index contributed by atoms with van der Waals surface area (Å²) in [5.41, 5.74) is 2.52. The maximum absolute atomic E-state index is 4.35. The molecule has 2 aromatic rings. The van der Waals surface area contributed by atoms with Crippen molar-refractivity contribution in [2.45, 2.75) is 13.3 Å². The van der Waals surface area contributed by atoms with E-state index in [0.717, 1.165) is 18.8 Å².